The van der Waals surface area contributed by atoms with Crippen molar-refractivity contribution in [3.05, 3.63) is 18.2 Å². The molecular weight excluding hydrogens is 280 g/mol. The van der Waals surface area contributed by atoms with Crippen molar-refractivity contribution in [2.24, 2.45) is 0 Å². The van der Waals surface area contributed by atoms with E-state index in [1.54, 1.807) is 20.8 Å². The molecule has 1 aromatic rings. The highest BCUT2D eigenvalue weighted by molar-refractivity contribution is 7.89. The number of carbonyl (C=O) groups excluding carboxylic acids is 1. The number of hydrogen-bond acceptors (Lipinski definition) is 4. The van der Waals surface area contributed by atoms with Crippen LogP contribution in [0, 0.1) is 0 Å². The van der Waals surface area contributed by atoms with E-state index in [2.05, 4.69) is 10.0 Å². The molecule has 0 saturated carbocycles. The molecule has 0 aromatic heterocycles. The molecule has 6 nitrogen and oxygen atoms in total. The van der Waals surface area contributed by atoms with E-state index in [0.29, 0.717) is 17.9 Å². The average Bonchev–Trinajstić information content (AvgIpc) is 2.37. The Morgan fingerprint density at radius 2 is 2.00 bits per heavy atom. The maximum Gasteiger partial charge on any atom is 0.240 e. The van der Waals surface area contributed by atoms with E-state index in [9.17, 15) is 13.2 Å². The van der Waals surface area contributed by atoms with E-state index in [-0.39, 0.29) is 16.8 Å². The quantitative estimate of drug-likeness (QED) is 0.838. The van der Waals surface area contributed by atoms with Gasteiger partial charge in [-0.25, -0.2) is 13.1 Å². The molecule has 1 amide bonds. The molecule has 0 fully saturated rings. The molecule has 0 aliphatic rings. The van der Waals surface area contributed by atoms with Gasteiger partial charge in [0, 0.05) is 12.5 Å². The largest absolute Gasteiger partial charge is 0.495 e. The zero-order valence-electron chi connectivity index (χ0n) is 12.1. The molecule has 2 N–H and O–H groups in total. The lowest BCUT2D eigenvalue weighted by Crippen LogP contribution is -2.30. The molecule has 1 aromatic carbocycles. The van der Waals surface area contributed by atoms with Gasteiger partial charge in [0.2, 0.25) is 15.9 Å². The molecule has 20 heavy (non-hydrogen) atoms. The van der Waals surface area contributed by atoms with Crippen LogP contribution >= 0.6 is 0 Å². The summed E-state index contributed by atoms with van der Waals surface area (Å²) in [5.74, 6) is 0.199. The third-order valence-corrected chi connectivity index (χ3v) is 4.12. The van der Waals surface area contributed by atoms with E-state index in [0.717, 1.165) is 0 Å². The van der Waals surface area contributed by atoms with Crippen molar-refractivity contribution in [3.63, 3.8) is 0 Å². The Labute approximate surface area is 119 Å². The number of rotatable bonds is 6. The highest BCUT2D eigenvalue weighted by Gasteiger charge is 2.18. The molecule has 0 spiro atoms. The van der Waals surface area contributed by atoms with E-state index in [1.165, 1.54) is 25.3 Å². The minimum absolute atomic E-state index is 0.0819. The predicted octanol–water partition coefficient (Wildman–Crippen LogP) is 1.73. The predicted molar refractivity (Wildman–Crippen MR) is 77.4 cm³/mol. The zero-order valence-corrected chi connectivity index (χ0v) is 12.9. The summed E-state index contributed by atoms with van der Waals surface area (Å²) in [5, 5.41) is 2.62. The Hall–Kier alpha value is -1.60. The number of carbonyl (C=O) groups is 1. The van der Waals surface area contributed by atoms with Gasteiger partial charge in [0.1, 0.15) is 5.75 Å². The molecule has 112 valence electrons. The average molecular weight is 300 g/mol. The van der Waals surface area contributed by atoms with Gasteiger partial charge in [-0.1, -0.05) is 6.92 Å². The van der Waals surface area contributed by atoms with Gasteiger partial charge in [-0.3, -0.25) is 4.79 Å². The fourth-order valence-electron chi connectivity index (χ4n) is 1.57. The third kappa shape index (κ3) is 4.21. The molecule has 0 aliphatic heterocycles. The van der Waals surface area contributed by atoms with Crippen LogP contribution in [0.2, 0.25) is 0 Å². The van der Waals surface area contributed by atoms with Crippen molar-refractivity contribution in [2.75, 3.05) is 12.4 Å². The van der Waals surface area contributed by atoms with Crippen LogP contribution < -0.4 is 14.8 Å². The van der Waals surface area contributed by atoms with Gasteiger partial charge in [0.15, 0.2) is 0 Å². The molecule has 0 unspecified atom stereocenters. The first-order valence-corrected chi connectivity index (χ1v) is 7.78. The van der Waals surface area contributed by atoms with Crippen LogP contribution in [-0.4, -0.2) is 27.5 Å². The Kier molecular flexibility index (Phi) is 5.52. The lowest BCUT2D eigenvalue weighted by molar-refractivity contribution is -0.115. The number of methoxy groups -OCH3 is 1. The minimum atomic E-state index is -3.61. The van der Waals surface area contributed by atoms with Gasteiger partial charge >= 0.3 is 0 Å². The molecule has 0 radical (unpaired) electrons. The maximum atomic E-state index is 12.1. The monoisotopic (exact) mass is 300 g/mol. The maximum absolute atomic E-state index is 12.1. The second kappa shape index (κ2) is 6.71. The number of amides is 1. The van der Waals surface area contributed by atoms with Gasteiger partial charge in [-0.05, 0) is 32.0 Å². The summed E-state index contributed by atoms with van der Waals surface area (Å²) in [7, 11) is -2.15. The molecule has 0 saturated heterocycles. The van der Waals surface area contributed by atoms with E-state index < -0.39 is 10.0 Å². The summed E-state index contributed by atoms with van der Waals surface area (Å²) in [6.07, 6.45) is 0.296. The van der Waals surface area contributed by atoms with Gasteiger partial charge < -0.3 is 10.1 Å². The van der Waals surface area contributed by atoms with E-state index in [4.69, 9.17) is 4.74 Å². The molecule has 0 bridgehead atoms. The highest BCUT2D eigenvalue weighted by atomic mass is 32.2. The molecular formula is C13H20N2O4S. The van der Waals surface area contributed by atoms with Crippen molar-refractivity contribution in [1.29, 1.82) is 0 Å². The van der Waals surface area contributed by atoms with Crippen LogP contribution in [0.25, 0.3) is 0 Å². The number of nitrogens with one attached hydrogen (secondary N) is 2. The Bertz CT molecular complexity index is 582. The second-order valence-electron chi connectivity index (χ2n) is 4.54. The van der Waals surface area contributed by atoms with Crippen LogP contribution in [-0.2, 0) is 14.8 Å². The van der Waals surface area contributed by atoms with Gasteiger partial charge in [0.05, 0.1) is 17.7 Å². The molecule has 0 atom stereocenters. The van der Waals surface area contributed by atoms with Crippen LogP contribution in [0.3, 0.4) is 0 Å². The summed E-state index contributed by atoms with van der Waals surface area (Å²) < 4.78 is 31.8. The van der Waals surface area contributed by atoms with Gasteiger partial charge in [0.25, 0.3) is 0 Å². The molecule has 7 heteroatoms. The Morgan fingerprint density at radius 3 is 2.50 bits per heavy atom. The SMILES string of the molecule is CCC(=O)Nc1cc(S(=O)(=O)NC(C)C)ccc1OC. The number of sulfonamides is 1. The topological polar surface area (TPSA) is 84.5 Å². The molecule has 1 rings (SSSR count). The number of hydrogen-bond donors (Lipinski definition) is 2. The van der Waals surface area contributed by atoms with E-state index in [1.807, 2.05) is 0 Å². The fourth-order valence-corrected chi connectivity index (χ4v) is 2.85. The first kappa shape index (κ1) is 16.5. The standard InChI is InChI=1S/C13H20N2O4S/c1-5-13(16)14-11-8-10(6-7-12(11)19-4)20(17,18)15-9(2)3/h6-9,15H,5H2,1-4H3,(H,14,16). The van der Waals surface area contributed by atoms with Crippen molar-refractivity contribution in [2.45, 2.75) is 38.1 Å². The summed E-state index contributed by atoms with van der Waals surface area (Å²) in [4.78, 5) is 11.5. The third-order valence-electron chi connectivity index (χ3n) is 2.47. The van der Waals surface area contributed by atoms with Crippen LogP contribution in [0.5, 0.6) is 5.75 Å². The van der Waals surface area contributed by atoms with Crippen molar-refractivity contribution >= 4 is 21.6 Å². The summed E-state index contributed by atoms with van der Waals surface area (Å²) in [6, 6.07) is 4.12. The summed E-state index contributed by atoms with van der Waals surface area (Å²) in [5.41, 5.74) is 0.339. The van der Waals surface area contributed by atoms with Crippen molar-refractivity contribution in [3.8, 4) is 5.75 Å². The zero-order chi connectivity index (χ0) is 15.3. The lowest BCUT2D eigenvalue weighted by atomic mass is 10.3. The number of ether oxygens (including phenoxy) is 1. The van der Waals surface area contributed by atoms with Crippen molar-refractivity contribution in [1.82, 2.24) is 4.72 Å². The first-order chi connectivity index (χ1) is 9.30. The Balaban J connectivity index is 3.18. The minimum Gasteiger partial charge on any atom is -0.495 e. The highest BCUT2D eigenvalue weighted by Crippen LogP contribution is 2.27. The number of benzene rings is 1. The first-order valence-electron chi connectivity index (χ1n) is 6.30. The molecule has 0 aliphatic carbocycles. The van der Waals surface area contributed by atoms with E-state index >= 15 is 0 Å². The fraction of sp³-hybridized carbons (Fsp3) is 0.462. The van der Waals surface area contributed by atoms with Crippen LogP contribution in [0.4, 0.5) is 5.69 Å². The lowest BCUT2D eigenvalue weighted by Gasteiger charge is -2.13. The van der Waals surface area contributed by atoms with Crippen LogP contribution in [0.15, 0.2) is 23.1 Å². The van der Waals surface area contributed by atoms with Crippen LogP contribution in [0.1, 0.15) is 27.2 Å². The number of anilines is 1. The normalized spacial score (nSPS) is 11.4. The Morgan fingerprint density at radius 1 is 1.35 bits per heavy atom. The molecule has 0 heterocycles. The smallest absolute Gasteiger partial charge is 0.240 e. The summed E-state index contributed by atoms with van der Waals surface area (Å²) in [6.45, 7) is 5.18. The van der Waals surface area contributed by atoms with Gasteiger partial charge in [-0.15, -0.1) is 0 Å². The van der Waals surface area contributed by atoms with Gasteiger partial charge in [-0.2, -0.15) is 0 Å². The second-order valence-corrected chi connectivity index (χ2v) is 6.25. The van der Waals surface area contributed by atoms with Crippen molar-refractivity contribution < 1.29 is 17.9 Å². The summed E-state index contributed by atoms with van der Waals surface area (Å²) >= 11 is 0.